The smallest absolute Gasteiger partial charge is 0.241 e. The number of fused-ring (bicyclic) bond motifs is 4. The van der Waals surface area contributed by atoms with Crippen LogP contribution in [-0.2, 0) is 20.0 Å². The zero-order valence-electron chi connectivity index (χ0n) is 35.3. The maximum Gasteiger partial charge on any atom is 0.241 e. The van der Waals surface area contributed by atoms with Crippen LogP contribution >= 0.6 is 0 Å². The first-order valence-corrected chi connectivity index (χ1v) is 24.0. The summed E-state index contributed by atoms with van der Waals surface area (Å²) in [6, 6.07) is 40.6. The van der Waals surface area contributed by atoms with Crippen molar-refractivity contribution in [3.63, 3.8) is 0 Å². The molecule has 0 aliphatic carbocycles. The molecule has 0 unspecified atom stereocenters. The van der Waals surface area contributed by atoms with Crippen LogP contribution in [0.2, 0.25) is 0 Å². The highest BCUT2D eigenvalue weighted by molar-refractivity contribution is 7.89. The number of nitrogens with one attached hydrogen (secondary N) is 2. The van der Waals surface area contributed by atoms with E-state index < -0.39 is 32.1 Å². The Labute approximate surface area is 382 Å². The molecule has 0 saturated carbocycles. The van der Waals surface area contributed by atoms with E-state index in [1.807, 2.05) is 84.9 Å². The maximum absolute atomic E-state index is 13.5. The fourth-order valence-electron chi connectivity index (χ4n) is 7.67. The van der Waals surface area contributed by atoms with Gasteiger partial charge in [0, 0.05) is 46.9 Å². The van der Waals surface area contributed by atoms with Crippen LogP contribution in [0.5, 0.6) is 23.0 Å². The third kappa shape index (κ3) is 9.36. The Kier molecular flexibility index (Phi) is 12.6. The fraction of sp³-hybridized carbons (Fsp3) is 0.154. The number of hydrogen-bond donors (Lipinski definition) is 2. The number of hydrogen-bond acceptors (Lipinski definition) is 10. The van der Waals surface area contributed by atoms with Crippen LogP contribution < -0.4 is 28.4 Å². The Balaban J connectivity index is 0.000000166. The molecule has 0 amide bonds. The molecule has 332 valence electrons. The zero-order chi connectivity index (χ0) is 45.7. The first kappa shape index (κ1) is 43.8. The van der Waals surface area contributed by atoms with Crippen molar-refractivity contribution in [2.75, 3.05) is 26.4 Å². The second kappa shape index (κ2) is 18.9. The van der Waals surface area contributed by atoms with Gasteiger partial charge in [-0.15, -0.1) is 12.8 Å². The summed E-state index contributed by atoms with van der Waals surface area (Å²) in [4.78, 5) is 0.122. The largest absolute Gasteiger partial charge is 0.490 e. The SMILES string of the molecule is C#Cc1ccccc1[C@@H](NS(=O)(=O)c1ccc2c(c1)OCCCO2)c1cc2ccccc2o1.C#Cc1ccccc1[C@H](NS(=O)(=O)c1ccc2c(c1)OCCCO2)c1cc2ccccc2o1. The molecular formula is C52H42N2O10S2. The molecule has 2 aliphatic rings. The van der Waals surface area contributed by atoms with Gasteiger partial charge in [0.2, 0.25) is 20.0 Å². The first-order chi connectivity index (χ1) is 32.1. The molecule has 2 aromatic heterocycles. The lowest BCUT2D eigenvalue weighted by Gasteiger charge is -2.19. The summed E-state index contributed by atoms with van der Waals surface area (Å²) in [6.07, 6.45) is 12.9. The molecule has 4 heterocycles. The number of ether oxygens (including phenoxy) is 4. The van der Waals surface area contributed by atoms with Crippen LogP contribution in [0.4, 0.5) is 0 Å². The average Bonchev–Trinajstić information content (AvgIpc) is 3.80. The van der Waals surface area contributed by atoms with Gasteiger partial charge in [0.1, 0.15) is 34.8 Å². The van der Waals surface area contributed by atoms with E-state index in [0.717, 1.165) is 23.6 Å². The predicted molar refractivity (Wildman–Crippen MR) is 250 cm³/mol. The van der Waals surface area contributed by atoms with Crippen molar-refractivity contribution in [1.29, 1.82) is 0 Å². The molecule has 0 saturated heterocycles. The minimum Gasteiger partial charge on any atom is -0.490 e. The van der Waals surface area contributed by atoms with E-state index in [-0.39, 0.29) is 9.79 Å². The number of furan rings is 2. The topological polar surface area (TPSA) is 156 Å². The molecule has 6 aromatic carbocycles. The van der Waals surface area contributed by atoms with Crippen LogP contribution in [0.1, 0.15) is 58.7 Å². The van der Waals surface area contributed by atoms with E-state index in [4.69, 9.17) is 40.6 Å². The molecule has 12 nitrogen and oxygen atoms in total. The van der Waals surface area contributed by atoms with Gasteiger partial charge >= 0.3 is 0 Å². The first-order valence-electron chi connectivity index (χ1n) is 21.0. The van der Waals surface area contributed by atoms with Crippen molar-refractivity contribution in [3.05, 3.63) is 179 Å². The molecular weight excluding hydrogens is 877 g/mol. The summed E-state index contributed by atoms with van der Waals surface area (Å²) in [5.74, 6) is 8.02. The summed E-state index contributed by atoms with van der Waals surface area (Å²) in [5.41, 5.74) is 3.71. The van der Waals surface area contributed by atoms with E-state index in [1.165, 1.54) is 24.3 Å². The van der Waals surface area contributed by atoms with Gasteiger partial charge in [0.15, 0.2) is 23.0 Å². The van der Waals surface area contributed by atoms with Gasteiger partial charge in [-0.3, -0.25) is 0 Å². The Morgan fingerprint density at radius 1 is 0.455 bits per heavy atom. The van der Waals surface area contributed by atoms with Crippen molar-refractivity contribution in [1.82, 2.24) is 9.44 Å². The van der Waals surface area contributed by atoms with Crippen molar-refractivity contribution in [3.8, 4) is 47.7 Å². The normalized spacial score (nSPS) is 14.4. The van der Waals surface area contributed by atoms with E-state index in [2.05, 4.69) is 21.3 Å². The highest BCUT2D eigenvalue weighted by atomic mass is 32.2. The van der Waals surface area contributed by atoms with Crippen LogP contribution in [0.25, 0.3) is 21.9 Å². The molecule has 0 bridgehead atoms. The molecule has 8 aromatic rings. The minimum absolute atomic E-state index is 0.0612. The molecule has 0 fully saturated rings. The zero-order valence-corrected chi connectivity index (χ0v) is 36.9. The summed E-state index contributed by atoms with van der Waals surface area (Å²) in [5, 5.41) is 1.73. The number of sulfonamides is 2. The molecule has 2 N–H and O–H groups in total. The molecule has 66 heavy (non-hydrogen) atoms. The van der Waals surface area contributed by atoms with E-state index in [9.17, 15) is 16.8 Å². The van der Waals surface area contributed by atoms with E-state index in [0.29, 0.717) is 94.4 Å². The van der Waals surface area contributed by atoms with Crippen molar-refractivity contribution in [2.24, 2.45) is 0 Å². The van der Waals surface area contributed by atoms with Crippen LogP contribution in [0.15, 0.2) is 164 Å². The summed E-state index contributed by atoms with van der Waals surface area (Å²) in [7, 11) is -7.96. The van der Waals surface area contributed by atoms with Crippen LogP contribution in [0.3, 0.4) is 0 Å². The molecule has 10 rings (SSSR count). The highest BCUT2D eigenvalue weighted by Gasteiger charge is 2.30. The van der Waals surface area contributed by atoms with Gasteiger partial charge in [-0.05, 0) is 71.8 Å². The lowest BCUT2D eigenvalue weighted by molar-refractivity contribution is 0.296. The van der Waals surface area contributed by atoms with Gasteiger partial charge in [-0.1, -0.05) is 84.6 Å². The van der Waals surface area contributed by atoms with Crippen LogP contribution in [-0.4, -0.2) is 43.3 Å². The third-order valence-electron chi connectivity index (χ3n) is 10.9. The Morgan fingerprint density at radius 2 is 0.833 bits per heavy atom. The Hall–Kier alpha value is -7.46. The van der Waals surface area contributed by atoms with Gasteiger partial charge < -0.3 is 27.8 Å². The van der Waals surface area contributed by atoms with Gasteiger partial charge in [-0.25, -0.2) is 16.8 Å². The number of benzene rings is 6. The summed E-state index contributed by atoms with van der Waals surface area (Å²) < 4.78 is 94.1. The standard InChI is InChI=1S/2C26H21NO5S/c2*1-2-18-8-3-5-10-21(18)26(25-16-19-9-4-6-11-22(19)32-25)27-33(28,29)20-12-13-23-24(17-20)31-15-7-14-30-23/h2*1,3-6,8-13,16-17,26-27H,7,14-15H2/t2*26-/m10/s1. The number of para-hydroxylation sites is 2. The third-order valence-corrected chi connectivity index (χ3v) is 13.8. The van der Waals surface area contributed by atoms with Crippen molar-refractivity contribution in [2.45, 2.75) is 34.7 Å². The van der Waals surface area contributed by atoms with E-state index in [1.54, 1.807) is 36.4 Å². The molecule has 2 aliphatic heterocycles. The second-order valence-corrected chi connectivity index (χ2v) is 18.7. The molecule has 2 atom stereocenters. The second-order valence-electron chi connectivity index (χ2n) is 15.3. The summed E-state index contributed by atoms with van der Waals surface area (Å²) in [6.45, 7) is 1.96. The van der Waals surface area contributed by atoms with Gasteiger partial charge in [0.25, 0.3) is 0 Å². The molecule has 0 spiro atoms. The fourth-order valence-corrected chi connectivity index (χ4v) is 10.1. The highest BCUT2D eigenvalue weighted by Crippen LogP contribution is 2.37. The van der Waals surface area contributed by atoms with E-state index >= 15 is 0 Å². The van der Waals surface area contributed by atoms with Crippen LogP contribution in [0, 0.1) is 24.7 Å². The predicted octanol–water partition coefficient (Wildman–Crippen LogP) is 9.29. The molecule has 0 radical (unpaired) electrons. The van der Waals surface area contributed by atoms with Gasteiger partial charge in [0.05, 0.1) is 36.2 Å². The Bertz CT molecular complexity index is 3090. The molecule has 14 heteroatoms. The average molecular weight is 919 g/mol. The minimum atomic E-state index is -3.98. The number of rotatable bonds is 10. The van der Waals surface area contributed by atoms with Gasteiger partial charge in [-0.2, -0.15) is 9.44 Å². The lowest BCUT2D eigenvalue weighted by Crippen LogP contribution is -2.29. The van der Waals surface area contributed by atoms with Crippen molar-refractivity contribution < 1.29 is 44.6 Å². The number of terminal acetylenes is 2. The lowest BCUT2D eigenvalue weighted by atomic mass is 9.99. The van der Waals surface area contributed by atoms with Crippen molar-refractivity contribution >= 4 is 42.0 Å². The maximum atomic E-state index is 13.5. The quantitative estimate of drug-likeness (QED) is 0.127. The summed E-state index contributed by atoms with van der Waals surface area (Å²) >= 11 is 0. The monoisotopic (exact) mass is 918 g/mol. The Morgan fingerprint density at radius 3 is 1.24 bits per heavy atom.